The molecule has 0 saturated carbocycles. The van der Waals surface area contributed by atoms with E-state index in [0.717, 1.165) is 23.5 Å². The van der Waals surface area contributed by atoms with Crippen LogP contribution in [0.15, 0.2) is 29.6 Å². The molecular weight excluding hydrogens is 252 g/mol. The number of aromatic nitrogens is 1. The van der Waals surface area contributed by atoms with Crippen LogP contribution in [0, 0.1) is 12.8 Å². The van der Waals surface area contributed by atoms with Gasteiger partial charge in [-0.15, -0.1) is 11.3 Å². The van der Waals surface area contributed by atoms with Gasteiger partial charge in [-0.25, -0.2) is 4.98 Å². The van der Waals surface area contributed by atoms with Gasteiger partial charge in [-0.3, -0.25) is 0 Å². The minimum atomic E-state index is 0.231. The number of hydrogen-bond acceptors (Lipinski definition) is 3. The lowest BCUT2D eigenvalue weighted by Crippen LogP contribution is -2.36. The fourth-order valence-corrected chi connectivity index (χ4v) is 3.63. The first-order valence-electron chi connectivity index (χ1n) is 6.96. The Morgan fingerprint density at radius 1 is 1.37 bits per heavy atom. The van der Waals surface area contributed by atoms with E-state index in [2.05, 4.69) is 41.6 Å². The predicted octanol–water partition coefficient (Wildman–Crippen LogP) is 3.13. The molecule has 0 radical (unpaired) electrons. The Bertz CT molecular complexity index is 561. The largest absolute Gasteiger partial charge is 0.327 e. The van der Waals surface area contributed by atoms with Gasteiger partial charge in [-0.2, -0.15) is 0 Å². The van der Waals surface area contributed by atoms with Gasteiger partial charge in [-0.05, 0) is 43.2 Å². The van der Waals surface area contributed by atoms with Crippen molar-refractivity contribution >= 4 is 11.3 Å². The SMILES string of the molecule is Cc1nc(CC(N)C2CCc3ccccc3C2)cs1. The number of thiazole rings is 1. The van der Waals surface area contributed by atoms with Gasteiger partial charge in [0.25, 0.3) is 0 Å². The summed E-state index contributed by atoms with van der Waals surface area (Å²) in [7, 11) is 0. The van der Waals surface area contributed by atoms with Crippen LogP contribution in [0.4, 0.5) is 0 Å². The number of aryl methyl sites for hydroxylation is 2. The molecule has 1 aromatic heterocycles. The van der Waals surface area contributed by atoms with E-state index in [9.17, 15) is 0 Å². The third-order valence-electron chi connectivity index (χ3n) is 4.10. The van der Waals surface area contributed by atoms with E-state index in [1.54, 1.807) is 11.3 Å². The monoisotopic (exact) mass is 272 g/mol. The molecule has 1 aliphatic rings. The van der Waals surface area contributed by atoms with Gasteiger partial charge in [0.1, 0.15) is 0 Å². The lowest BCUT2D eigenvalue weighted by Gasteiger charge is -2.29. The highest BCUT2D eigenvalue weighted by molar-refractivity contribution is 7.09. The summed E-state index contributed by atoms with van der Waals surface area (Å²) >= 11 is 1.71. The fourth-order valence-electron chi connectivity index (χ4n) is 3.00. The second kappa shape index (κ2) is 5.43. The summed E-state index contributed by atoms with van der Waals surface area (Å²) < 4.78 is 0. The molecule has 0 saturated heterocycles. The standard InChI is InChI=1S/C16H20N2S/c1-11-18-15(10-19-11)9-16(17)14-7-6-12-4-2-3-5-13(12)8-14/h2-5,10,14,16H,6-9,17H2,1H3. The van der Waals surface area contributed by atoms with Crippen molar-refractivity contribution in [3.8, 4) is 0 Å². The molecule has 2 nitrogen and oxygen atoms in total. The van der Waals surface area contributed by atoms with Crippen LogP contribution in [-0.2, 0) is 19.3 Å². The smallest absolute Gasteiger partial charge is 0.0897 e. The normalized spacial score (nSPS) is 20.0. The van der Waals surface area contributed by atoms with Crippen molar-refractivity contribution in [2.75, 3.05) is 0 Å². The van der Waals surface area contributed by atoms with Crippen LogP contribution >= 0.6 is 11.3 Å². The van der Waals surface area contributed by atoms with Crippen LogP contribution in [0.5, 0.6) is 0 Å². The molecule has 0 spiro atoms. The van der Waals surface area contributed by atoms with Crippen molar-refractivity contribution in [1.29, 1.82) is 0 Å². The fraction of sp³-hybridized carbons (Fsp3) is 0.438. The maximum Gasteiger partial charge on any atom is 0.0897 e. The average Bonchev–Trinajstić information content (AvgIpc) is 2.83. The predicted molar refractivity (Wildman–Crippen MR) is 80.5 cm³/mol. The second-order valence-corrected chi connectivity index (χ2v) is 6.56. The topological polar surface area (TPSA) is 38.9 Å². The van der Waals surface area contributed by atoms with Crippen LogP contribution in [0.2, 0.25) is 0 Å². The minimum absolute atomic E-state index is 0.231. The molecule has 0 bridgehead atoms. The summed E-state index contributed by atoms with van der Waals surface area (Å²) in [5.74, 6) is 0.594. The van der Waals surface area contributed by atoms with Gasteiger partial charge in [-0.1, -0.05) is 24.3 Å². The van der Waals surface area contributed by atoms with Crippen molar-refractivity contribution < 1.29 is 0 Å². The Hall–Kier alpha value is -1.19. The van der Waals surface area contributed by atoms with Crippen molar-refractivity contribution in [2.24, 2.45) is 11.7 Å². The van der Waals surface area contributed by atoms with Crippen LogP contribution < -0.4 is 5.73 Å². The summed E-state index contributed by atoms with van der Waals surface area (Å²) in [6, 6.07) is 9.00. The van der Waals surface area contributed by atoms with E-state index in [0.29, 0.717) is 5.92 Å². The number of fused-ring (bicyclic) bond motifs is 1. The van der Waals surface area contributed by atoms with Gasteiger partial charge in [0.15, 0.2) is 0 Å². The molecule has 1 heterocycles. The summed E-state index contributed by atoms with van der Waals surface area (Å²) in [6.45, 7) is 2.05. The highest BCUT2D eigenvalue weighted by Crippen LogP contribution is 2.28. The maximum atomic E-state index is 6.41. The van der Waals surface area contributed by atoms with Crippen molar-refractivity contribution in [3.05, 3.63) is 51.5 Å². The van der Waals surface area contributed by atoms with Crippen molar-refractivity contribution in [3.63, 3.8) is 0 Å². The van der Waals surface area contributed by atoms with Gasteiger partial charge < -0.3 is 5.73 Å². The van der Waals surface area contributed by atoms with Gasteiger partial charge in [0.2, 0.25) is 0 Å². The zero-order valence-electron chi connectivity index (χ0n) is 11.3. The minimum Gasteiger partial charge on any atom is -0.327 e. The molecular formula is C16H20N2S. The molecule has 100 valence electrons. The van der Waals surface area contributed by atoms with Crippen molar-refractivity contribution in [2.45, 2.75) is 38.6 Å². The Kier molecular flexibility index (Phi) is 3.67. The van der Waals surface area contributed by atoms with E-state index in [4.69, 9.17) is 5.73 Å². The quantitative estimate of drug-likeness (QED) is 0.932. The Morgan fingerprint density at radius 2 is 2.16 bits per heavy atom. The van der Waals surface area contributed by atoms with Gasteiger partial charge in [0.05, 0.1) is 10.7 Å². The lowest BCUT2D eigenvalue weighted by atomic mass is 9.79. The van der Waals surface area contributed by atoms with Crippen LogP contribution in [0.3, 0.4) is 0 Å². The first kappa shape index (κ1) is 12.8. The van der Waals surface area contributed by atoms with E-state index in [1.807, 2.05) is 0 Å². The number of hydrogen-bond donors (Lipinski definition) is 1. The zero-order valence-corrected chi connectivity index (χ0v) is 12.1. The molecule has 1 aromatic carbocycles. The summed E-state index contributed by atoms with van der Waals surface area (Å²) in [5, 5.41) is 3.28. The van der Waals surface area contributed by atoms with Gasteiger partial charge >= 0.3 is 0 Å². The van der Waals surface area contributed by atoms with E-state index < -0.39 is 0 Å². The number of nitrogens with zero attached hydrogens (tertiary/aromatic N) is 1. The molecule has 19 heavy (non-hydrogen) atoms. The highest BCUT2D eigenvalue weighted by atomic mass is 32.1. The lowest BCUT2D eigenvalue weighted by molar-refractivity contribution is 0.371. The molecule has 2 unspecified atom stereocenters. The third-order valence-corrected chi connectivity index (χ3v) is 4.92. The molecule has 3 heteroatoms. The van der Waals surface area contributed by atoms with Crippen LogP contribution in [0.1, 0.15) is 28.2 Å². The molecule has 2 aromatic rings. The first-order valence-corrected chi connectivity index (χ1v) is 7.83. The number of nitrogens with two attached hydrogens (primary N) is 1. The van der Waals surface area contributed by atoms with Crippen LogP contribution in [-0.4, -0.2) is 11.0 Å². The van der Waals surface area contributed by atoms with Crippen LogP contribution in [0.25, 0.3) is 0 Å². The number of rotatable bonds is 3. The Morgan fingerprint density at radius 3 is 2.89 bits per heavy atom. The summed E-state index contributed by atoms with van der Waals surface area (Å²) in [6.07, 6.45) is 4.42. The first-order chi connectivity index (χ1) is 9.22. The molecule has 0 fully saturated rings. The summed E-state index contributed by atoms with van der Waals surface area (Å²) in [4.78, 5) is 4.53. The van der Waals surface area contributed by atoms with E-state index >= 15 is 0 Å². The zero-order chi connectivity index (χ0) is 13.2. The molecule has 1 aliphatic carbocycles. The van der Waals surface area contributed by atoms with Crippen molar-refractivity contribution in [1.82, 2.24) is 4.98 Å². The average molecular weight is 272 g/mol. The molecule has 3 rings (SSSR count). The second-order valence-electron chi connectivity index (χ2n) is 5.50. The van der Waals surface area contributed by atoms with E-state index in [-0.39, 0.29) is 6.04 Å². The summed E-state index contributed by atoms with van der Waals surface area (Å²) in [5.41, 5.74) is 10.6. The van der Waals surface area contributed by atoms with E-state index in [1.165, 1.54) is 24.0 Å². The van der Waals surface area contributed by atoms with Gasteiger partial charge in [0, 0.05) is 17.8 Å². The third kappa shape index (κ3) is 2.88. The maximum absolute atomic E-state index is 6.41. The molecule has 2 N–H and O–H groups in total. The Labute approximate surface area is 118 Å². The Balaban J connectivity index is 1.67. The highest BCUT2D eigenvalue weighted by Gasteiger charge is 2.24. The number of benzene rings is 1. The molecule has 0 aliphatic heterocycles. The molecule has 2 atom stereocenters. The molecule has 0 amide bonds.